The molecule has 0 saturated carbocycles. The molecule has 29 heavy (non-hydrogen) atoms. The van der Waals surface area contributed by atoms with Crippen molar-refractivity contribution in [2.24, 2.45) is 5.41 Å². The number of carbonyl (C=O) groups is 4. The number of β-lactam (4-membered cyclic amide) rings is 1. The van der Waals surface area contributed by atoms with Crippen LogP contribution < -0.4 is 10.6 Å². The van der Waals surface area contributed by atoms with Gasteiger partial charge in [-0.3, -0.25) is 14.4 Å². The van der Waals surface area contributed by atoms with Gasteiger partial charge in [0.25, 0.3) is 17.5 Å². The molecule has 0 radical (unpaired) electrons. The van der Waals surface area contributed by atoms with E-state index >= 15 is 0 Å². The molecular formula is C18H21N3O7S. The summed E-state index contributed by atoms with van der Waals surface area (Å²) in [6.45, 7) is -0.552. The van der Waals surface area contributed by atoms with E-state index in [1.165, 1.54) is 19.1 Å². The Bertz CT molecular complexity index is 836. The largest absolute Gasteiger partial charge is 0.481 e. The number of nitrogens with one attached hydrogen (secondary N) is 2. The molecule has 0 aliphatic carbocycles. The molecule has 0 aromatic heterocycles. The van der Waals surface area contributed by atoms with Gasteiger partial charge in [0.2, 0.25) is 0 Å². The Labute approximate surface area is 170 Å². The number of hydrogen-bond donors (Lipinski definition) is 3. The SMILES string of the molecule is CNC(=O)OCC1(C(=O)O)CS[C@H]2N(C1)C(=O)C2(NC(=O)c1ccccc1)OC. The lowest BCUT2D eigenvalue weighted by Crippen LogP contribution is -2.82. The average molecular weight is 423 g/mol. The summed E-state index contributed by atoms with van der Waals surface area (Å²) in [4.78, 5) is 50.0. The van der Waals surface area contributed by atoms with Crippen molar-refractivity contribution in [3.63, 3.8) is 0 Å². The number of carboxylic acid groups (broad SMARTS) is 1. The van der Waals surface area contributed by atoms with Crippen LogP contribution in [0.15, 0.2) is 30.3 Å². The maximum atomic E-state index is 12.9. The minimum absolute atomic E-state index is 0.0695. The lowest BCUT2D eigenvalue weighted by molar-refractivity contribution is -0.197. The molecule has 2 aliphatic rings. The number of aliphatic carboxylic acids is 1. The van der Waals surface area contributed by atoms with Gasteiger partial charge in [0.05, 0.1) is 0 Å². The highest BCUT2D eigenvalue weighted by Gasteiger charge is 2.67. The predicted octanol–water partition coefficient (Wildman–Crippen LogP) is 0.101. The number of benzene rings is 1. The summed E-state index contributed by atoms with van der Waals surface area (Å²) in [6.07, 6.45) is -0.756. The molecule has 2 heterocycles. The zero-order chi connectivity index (χ0) is 21.2. The van der Waals surface area contributed by atoms with Gasteiger partial charge in [-0.05, 0) is 12.1 Å². The average Bonchev–Trinajstić information content (AvgIpc) is 2.75. The quantitative estimate of drug-likeness (QED) is 0.433. The van der Waals surface area contributed by atoms with Crippen LogP contribution in [0.1, 0.15) is 10.4 Å². The van der Waals surface area contributed by atoms with Crippen molar-refractivity contribution < 1.29 is 33.8 Å². The van der Waals surface area contributed by atoms with Gasteiger partial charge in [-0.2, -0.15) is 0 Å². The lowest BCUT2D eigenvalue weighted by Gasteiger charge is -2.58. The predicted molar refractivity (Wildman–Crippen MR) is 102 cm³/mol. The van der Waals surface area contributed by atoms with Gasteiger partial charge < -0.3 is 30.1 Å². The summed E-state index contributed by atoms with van der Waals surface area (Å²) < 4.78 is 10.4. The van der Waals surface area contributed by atoms with Crippen molar-refractivity contribution in [2.75, 3.05) is 33.1 Å². The van der Waals surface area contributed by atoms with Gasteiger partial charge in [-0.25, -0.2) is 4.79 Å². The normalized spacial score (nSPS) is 28.0. The van der Waals surface area contributed by atoms with Gasteiger partial charge in [0.15, 0.2) is 0 Å². The summed E-state index contributed by atoms with van der Waals surface area (Å²) in [5, 5.41) is 14.0. The summed E-state index contributed by atoms with van der Waals surface area (Å²) in [5.74, 6) is -2.13. The smallest absolute Gasteiger partial charge is 0.406 e. The molecule has 2 saturated heterocycles. The molecule has 2 aliphatic heterocycles. The molecule has 10 nitrogen and oxygen atoms in total. The van der Waals surface area contributed by atoms with Crippen LogP contribution in [0.25, 0.3) is 0 Å². The van der Waals surface area contributed by atoms with E-state index < -0.39 is 40.4 Å². The topological polar surface area (TPSA) is 134 Å². The molecular weight excluding hydrogens is 402 g/mol. The third-order valence-electron chi connectivity index (χ3n) is 4.99. The number of nitrogens with zero attached hydrogens (tertiary/aromatic N) is 1. The number of methoxy groups -OCH3 is 1. The monoisotopic (exact) mass is 423 g/mol. The molecule has 156 valence electrons. The van der Waals surface area contributed by atoms with Crippen LogP contribution in [0.2, 0.25) is 0 Å². The van der Waals surface area contributed by atoms with Gasteiger partial charge in [0, 0.05) is 32.0 Å². The van der Waals surface area contributed by atoms with Crippen LogP contribution in [-0.2, 0) is 19.1 Å². The molecule has 1 aromatic rings. The van der Waals surface area contributed by atoms with Crippen molar-refractivity contribution in [3.05, 3.63) is 35.9 Å². The molecule has 0 bridgehead atoms. The molecule has 0 spiro atoms. The maximum Gasteiger partial charge on any atom is 0.406 e. The van der Waals surface area contributed by atoms with E-state index in [2.05, 4.69) is 10.6 Å². The van der Waals surface area contributed by atoms with Crippen molar-refractivity contribution in [1.29, 1.82) is 0 Å². The number of carboxylic acids is 1. The van der Waals surface area contributed by atoms with Crippen LogP contribution >= 0.6 is 11.8 Å². The van der Waals surface area contributed by atoms with Gasteiger partial charge >= 0.3 is 12.1 Å². The van der Waals surface area contributed by atoms with E-state index in [9.17, 15) is 24.3 Å². The second-order valence-corrected chi connectivity index (χ2v) is 7.84. The fraction of sp³-hybridized carbons (Fsp3) is 0.444. The van der Waals surface area contributed by atoms with E-state index in [0.717, 1.165) is 11.8 Å². The van der Waals surface area contributed by atoms with Crippen molar-refractivity contribution in [3.8, 4) is 0 Å². The molecule has 2 fully saturated rings. The maximum absolute atomic E-state index is 12.9. The molecule has 3 rings (SSSR count). The number of amides is 3. The molecule has 3 N–H and O–H groups in total. The molecule has 3 atom stereocenters. The van der Waals surface area contributed by atoms with Crippen LogP contribution in [-0.4, -0.2) is 78.0 Å². The van der Waals surface area contributed by atoms with Crippen molar-refractivity contribution in [2.45, 2.75) is 11.1 Å². The second kappa shape index (κ2) is 7.91. The summed E-state index contributed by atoms with van der Waals surface area (Å²) in [7, 11) is 2.68. The fourth-order valence-corrected chi connectivity index (χ4v) is 4.91. The van der Waals surface area contributed by atoms with Crippen LogP contribution in [0.3, 0.4) is 0 Å². The number of ether oxygens (including phenoxy) is 2. The first-order valence-electron chi connectivity index (χ1n) is 8.73. The second-order valence-electron chi connectivity index (χ2n) is 6.77. The van der Waals surface area contributed by atoms with E-state index in [0.29, 0.717) is 5.56 Å². The first-order valence-corrected chi connectivity index (χ1v) is 9.78. The molecule has 2 unspecified atom stereocenters. The third-order valence-corrected chi connectivity index (χ3v) is 6.62. The van der Waals surface area contributed by atoms with Gasteiger partial charge in [0.1, 0.15) is 17.4 Å². The summed E-state index contributed by atoms with van der Waals surface area (Å²) in [5.41, 5.74) is -2.66. The zero-order valence-corrected chi connectivity index (χ0v) is 16.7. The Balaban J connectivity index is 1.76. The minimum Gasteiger partial charge on any atom is -0.481 e. The number of rotatable bonds is 6. The van der Waals surface area contributed by atoms with Gasteiger partial charge in [-0.1, -0.05) is 18.2 Å². The molecule has 11 heteroatoms. The Morgan fingerprint density at radius 2 is 2.00 bits per heavy atom. The number of alkyl carbamates (subject to hydrolysis) is 1. The first kappa shape index (κ1) is 20.9. The Kier molecular flexibility index (Phi) is 5.71. The standard InChI is InChI=1S/C18H21N3O7S/c1-19-16(26)28-9-17(15(24)25)8-21-13(23)18(27-2,14(21)29-10-17)20-12(22)11-6-4-3-5-7-11/h3-7,14H,8-10H2,1-2H3,(H,19,26)(H,20,22)(H,24,25)/t14-,17?,18?/m1/s1. The fourth-order valence-electron chi connectivity index (χ4n) is 3.29. The van der Waals surface area contributed by atoms with Crippen molar-refractivity contribution in [1.82, 2.24) is 15.5 Å². The lowest BCUT2D eigenvalue weighted by atomic mass is 9.87. The minimum atomic E-state index is -1.58. The number of hydrogen-bond acceptors (Lipinski definition) is 7. The zero-order valence-electron chi connectivity index (χ0n) is 15.8. The van der Waals surface area contributed by atoms with Crippen LogP contribution in [0.4, 0.5) is 4.79 Å². The highest BCUT2D eigenvalue weighted by molar-refractivity contribution is 8.00. The van der Waals surface area contributed by atoms with Crippen LogP contribution in [0.5, 0.6) is 0 Å². The van der Waals surface area contributed by atoms with E-state index in [-0.39, 0.29) is 18.9 Å². The van der Waals surface area contributed by atoms with Crippen LogP contribution in [0, 0.1) is 5.41 Å². The van der Waals surface area contributed by atoms with E-state index in [1.54, 1.807) is 30.3 Å². The Morgan fingerprint density at radius 1 is 1.31 bits per heavy atom. The summed E-state index contributed by atoms with van der Waals surface area (Å²) in [6, 6.07) is 8.39. The molecule has 1 aromatic carbocycles. The number of thioether (sulfide) groups is 1. The highest BCUT2D eigenvalue weighted by atomic mass is 32.2. The highest BCUT2D eigenvalue weighted by Crippen LogP contribution is 2.47. The van der Waals surface area contributed by atoms with Crippen molar-refractivity contribution >= 4 is 35.6 Å². The van der Waals surface area contributed by atoms with Gasteiger partial charge in [-0.15, -0.1) is 11.8 Å². The molecule has 3 amide bonds. The third kappa shape index (κ3) is 3.51. The number of carbonyl (C=O) groups excluding carboxylic acids is 3. The first-order chi connectivity index (χ1) is 13.8. The van der Waals surface area contributed by atoms with E-state index in [1.807, 2.05) is 0 Å². The van der Waals surface area contributed by atoms with E-state index in [4.69, 9.17) is 9.47 Å². The Morgan fingerprint density at radius 3 is 2.59 bits per heavy atom. The number of fused-ring (bicyclic) bond motifs is 1. The summed E-state index contributed by atoms with van der Waals surface area (Å²) >= 11 is 1.15. The Hall–Kier alpha value is -2.79.